The Labute approximate surface area is 117 Å². The van der Waals surface area contributed by atoms with Crippen molar-refractivity contribution in [2.75, 3.05) is 25.5 Å². The number of non-ortho nitro benzene ring substituents is 1. The number of nitrogens with zero attached hydrogens (tertiary/aromatic N) is 1. The number of ether oxygens (including phenoxy) is 1. The molecule has 110 valence electrons. The van der Waals surface area contributed by atoms with Crippen LogP contribution in [0, 0.1) is 16.0 Å². The summed E-state index contributed by atoms with van der Waals surface area (Å²) in [7, 11) is 1.40. The van der Waals surface area contributed by atoms with Gasteiger partial charge in [-0.15, -0.1) is 0 Å². The molecule has 1 amide bonds. The van der Waals surface area contributed by atoms with Crippen LogP contribution in [0.15, 0.2) is 18.2 Å². The first kappa shape index (κ1) is 15.9. The summed E-state index contributed by atoms with van der Waals surface area (Å²) in [6.45, 7) is 5.12. The van der Waals surface area contributed by atoms with Crippen molar-refractivity contribution in [3.63, 3.8) is 0 Å². The second-order valence-electron chi connectivity index (χ2n) is 4.34. The second kappa shape index (κ2) is 7.44. The van der Waals surface area contributed by atoms with Crippen LogP contribution in [0.5, 0.6) is 5.75 Å². The normalized spacial score (nSPS) is 11.8. The number of nitrogens with one attached hydrogen (secondary N) is 2. The zero-order chi connectivity index (χ0) is 15.1. The summed E-state index contributed by atoms with van der Waals surface area (Å²) in [5.74, 6) is -0.115. The molecule has 0 aliphatic rings. The molecule has 1 atom stereocenters. The minimum absolute atomic E-state index is 0.0828. The van der Waals surface area contributed by atoms with Gasteiger partial charge in [-0.05, 0) is 12.6 Å². The molecule has 7 nitrogen and oxygen atoms in total. The molecule has 0 heterocycles. The number of nitro groups is 1. The number of methoxy groups -OCH3 is 1. The molecular formula is C13H19N3O4. The topological polar surface area (TPSA) is 93.5 Å². The quantitative estimate of drug-likeness (QED) is 0.587. The summed E-state index contributed by atoms with van der Waals surface area (Å²) in [6, 6.07) is 4.08. The first-order chi connectivity index (χ1) is 9.49. The molecule has 1 aromatic rings. The third kappa shape index (κ3) is 4.20. The summed E-state index contributed by atoms with van der Waals surface area (Å²) in [5, 5.41) is 16.5. The Kier molecular flexibility index (Phi) is 5.92. The van der Waals surface area contributed by atoms with Gasteiger partial charge in [-0.25, -0.2) is 0 Å². The highest BCUT2D eigenvalue weighted by molar-refractivity contribution is 5.94. The highest BCUT2D eigenvalue weighted by Crippen LogP contribution is 2.29. The standard InChI is InChI=1S/C13H19N3O4/c1-4-14-8-9(2)13(17)15-11-6-5-10(16(18)19)7-12(11)20-3/h5-7,9,14H,4,8H2,1-3H3,(H,15,17). The third-order valence-electron chi connectivity index (χ3n) is 2.80. The minimum Gasteiger partial charge on any atom is -0.494 e. The van der Waals surface area contributed by atoms with E-state index in [2.05, 4.69) is 10.6 Å². The maximum Gasteiger partial charge on any atom is 0.273 e. The predicted molar refractivity (Wildman–Crippen MR) is 76.0 cm³/mol. The molecule has 0 aromatic heterocycles. The van der Waals surface area contributed by atoms with Gasteiger partial charge in [0.2, 0.25) is 5.91 Å². The molecule has 7 heteroatoms. The highest BCUT2D eigenvalue weighted by atomic mass is 16.6. The van der Waals surface area contributed by atoms with Crippen molar-refractivity contribution in [2.45, 2.75) is 13.8 Å². The van der Waals surface area contributed by atoms with Gasteiger partial charge in [-0.3, -0.25) is 14.9 Å². The van der Waals surface area contributed by atoms with Crippen molar-refractivity contribution in [1.29, 1.82) is 0 Å². The molecule has 20 heavy (non-hydrogen) atoms. The molecule has 1 aromatic carbocycles. The van der Waals surface area contributed by atoms with Crippen molar-refractivity contribution in [1.82, 2.24) is 5.32 Å². The first-order valence-electron chi connectivity index (χ1n) is 6.33. The number of rotatable bonds is 7. The Morgan fingerprint density at radius 2 is 2.20 bits per heavy atom. The van der Waals surface area contributed by atoms with E-state index < -0.39 is 4.92 Å². The number of amides is 1. The lowest BCUT2D eigenvalue weighted by molar-refractivity contribution is -0.384. The molecule has 0 aliphatic carbocycles. The van der Waals surface area contributed by atoms with E-state index in [1.54, 1.807) is 6.92 Å². The summed E-state index contributed by atoms with van der Waals surface area (Å²) >= 11 is 0. The van der Waals surface area contributed by atoms with Gasteiger partial charge in [0, 0.05) is 18.5 Å². The van der Waals surface area contributed by atoms with Crippen molar-refractivity contribution < 1.29 is 14.5 Å². The minimum atomic E-state index is -0.512. The van der Waals surface area contributed by atoms with Gasteiger partial charge in [-0.2, -0.15) is 0 Å². The third-order valence-corrected chi connectivity index (χ3v) is 2.80. The number of nitro benzene ring substituents is 1. The van der Waals surface area contributed by atoms with Gasteiger partial charge in [0.15, 0.2) is 0 Å². The predicted octanol–water partition coefficient (Wildman–Crippen LogP) is 1.79. The lowest BCUT2D eigenvalue weighted by atomic mass is 10.1. The lowest BCUT2D eigenvalue weighted by Gasteiger charge is -2.14. The molecule has 2 N–H and O–H groups in total. The molecule has 0 radical (unpaired) electrons. The van der Waals surface area contributed by atoms with Gasteiger partial charge < -0.3 is 15.4 Å². The molecule has 1 unspecified atom stereocenters. The fourth-order valence-electron chi connectivity index (χ4n) is 1.61. The lowest BCUT2D eigenvalue weighted by Crippen LogP contribution is -2.30. The van der Waals surface area contributed by atoms with E-state index in [1.165, 1.54) is 25.3 Å². The summed E-state index contributed by atoms with van der Waals surface area (Å²) in [6.07, 6.45) is 0. The van der Waals surface area contributed by atoms with Crippen LogP contribution in [0.3, 0.4) is 0 Å². The van der Waals surface area contributed by atoms with Crippen LogP contribution >= 0.6 is 0 Å². The summed E-state index contributed by atoms with van der Waals surface area (Å²) in [4.78, 5) is 22.1. The SMILES string of the molecule is CCNCC(C)C(=O)Nc1ccc([N+](=O)[O-])cc1OC. The van der Waals surface area contributed by atoms with Gasteiger partial charge in [0.1, 0.15) is 5.75 Å². The molecule has 0 aliphatic heterocycles. The Hall–Kier alpha value is -2.15. The molecule has 0 bridgehead atoms. The Morgan fingerprint density at radius 3 is 2.75 bits per heavy atom. The molecular weight excluding hydrogens is 262 g/mol. The van der Waals surface area contributed by atoms with E-state index in [-0.39, 0.29) is 23.3 Å². The Balaban J connectivity index is 2.81. The fourth-order valence-corrected chi connectivity index (χ4v) is 1.61. The Morgan fingerprint density at radius 1 is 1.50 bits per heavy atom. The van der Waals surface area contributed by atoms with Crippen molar-refractivity contribution in [3.05, 3.63) is 28.3 Å². The summed E-state index contributed by atoms with van der Waals surface area (Å²) < 4.78 is 5.06. The average Bonchev–Trinajstić information content (AvgIpc) is 2.44. The zero-order valence-corrected chi connectivity index (χ0v) is 11.8. The summed E-state index contributed by atoms with van der Waals surface area (Å²) in [5.41, 5.74) is 0.340. The van der Waals surface area contributed by atoms with E-state index in [4.69, 9.17) is 4.74 Å². The van der Waals surface area contributed by atoms with Crippen LogP contribution in [0.25, 0.3) is 0 Å². The van der Waals surface area contributed by atoms with Crippen molar-refractivity contribution in [3.8, 4) is 5.75 Å². The molecule has 0 saturated carbocycles. The molecule has 0 spiro atoms. The monoisotopic (exact) mass is 281 g/mol. The van der Waals surface area contributed by atoms with Crippen molar-refractivity contribution >= 4 is 17.3 Å². The van der Waals surface area contributed by atoms with Gasteiger partial charge in [0.25, 0.3) is 5.69 Å². The Bertz CT molecular complexity index is 491. The van der Waals surface area contributed by atoms with Gasteiger partial charge in [0.05, 0.1) is 23.8 Å². The fraction of sp³-hybridized carbons (Fsp3) is 0.462. The van der Waals surface area contributed by atoms with E-state index in [0.717, 1.165) is 6.54 Å². The van der Waals surface area contributed by atoms with E-state index in [0.29, 0.717) is 12.2 Å². The smallest absolute Gasteiger partial charge is 0.273 e. The van der Waals surface area contributed by atoms with E-state index >= 15 is 0 Å². The number of anilines is 1. The second-order valence-corrected chi connectivity index (χ2v) is 4.34. The zero-order valence-electron chi connectivity index (χ0n) is 11.8. The van der Waals surface area contributed by atoms with E-state index in [9.17, 15) is 14.9 Å². The van der Waals surface area contributed by atoms with Crippen LogP contribution in [0.4, 0.5) is 11.4 Å². The van der Waals surface area contributed by atoms with Crippen molar-refractivity contribution in [2.24, 2.45) is 5.92 Å². The van der Waals surface area contributed by atoms with Crippen LogP contribution < -0.4 is 15.4 Å². The first-order valence-corrected chi connectivity index (χ1v) is 6.33. The van der Waals surface area contributed by atoms with Crippen LogP contribution in [-0.4, -0.2) is 31.0 Å². The number of hydrogen-bond acceptors (Lipinski definition) is 5. The largest absolute Gasteiger partial charge is 0.494 e. The number of hydrogen-bond donors (Lipinski definition) is 2. The number of carbonyl (C=O) groups is 1. The van der Waals surface area contributed by atoms with Crippen LogP contribution in [-0.2, 0) is 4.79 Å². The number of carbonyl (C=O) groups excluding carboxylic acids is 1. The van der Waals surface area contributed by atoms with Gasteiger partial charge >= 0.3 is 0 Å². The van der Waals surface area contributed by atoms with Crippen LogP contribution in [0.1, 0.15) is 13.8 Å². The van der Waals surface area contributed by atoms with Gasteiger partial charge in [-0.1, -0.05) is 13.8 Å². The maximum absolute atomic E-state index is 12.0. The highest BCUT2D eigenvalue weighted by Gasteiger charge is 2.16. The number of benzene rings is 1. The molecule has 1 rings (SSSR count). The van der Waals surface area contributed by atoms with Crippen LogP contribution in [0.2, 0.25) is 0 Å². The maximum atomic E-state index is 12.0. The molecule has 0 fully saturated rings. The average molecular weight is 281 g/mol. The molecule has 0 saturated heterocycles. The van der Waals surface area contributed by atoms with E-state index in [1.807, 2.05) is 6.92 Å².